The van der Waals surface area contributed by atoms with E-state index in [0.717, 1.165) is 26.0 Å². The number of nitrogens with two attached hydrogens (primary N) is 1. The van der Waals surface area contributed by atoms with Crippen molar-refractivity contribution in [2.45, 2.75) is 45.3 Å². The van der Waals surface area contributed by atoms with Crippen LogP contribution in [0.4, 0.5) is 4.79 Å². The smallest absolute Gasteiger partial charge is 0.410 e. The maximum absolute atomic E-state index is 12.0. The summed E-state index contributed by atoms with van der Waals surface area (Å²) in [6.45, 7) is 8.40. The number of carbonyl (C=O) groups excluding carboxylic acids is 1. The Bertz CT molecular complexity index is 327. The van der Waals surface area contributed by atoms with E-state index in [4.69, 9.17) is 15.2 Å². The standard InChI is InChI=1S/C13H24N2O3/c1-12(2,3)18-11(16)15-6-4-13(9-15)5-7-17-10(13)8-14/h10H,4-9,14H2,1-3H3. The average molecular weight is 256 g/mol. The van der Waals surface area contributed by atoms with Crippen LogP contribution in [0.5, 0.6) is 0 Å². The molecule has 5 heteroatoms. The minimum Gasteiger partial charge on any atom is -0.444 e. The molecule has 2 aliphatic rings. The first-order valence-electron chi connectivity index (χ1n) is 6.66. The van der Waals surface area contributed by atoms with Crippen molar-refractivity contribution in [2.75, 3.05) is 26.2 Å². The van der Waals surface area contributed by atoms with Crippen LogP contribution >= 0.6 is 0 Å². The molecule has 0 radical (unpaired) electrons. The molecule has 0 bridgehead atoms. The minimum absolute atomic E-state index is 0.0612. The Hall–Kier alpha value is -0.810. The molecule has 0 aromatic carbocycles. The number of rotatable bonds is 1. The molecule has 2 rings (SSSR count). The Kier molecular flexibility index (Phi) is 3.56. The normalized spacial score (nSPS) is 32.2. The molecule has 0 aliphatic carbocycles. The van der Waals surface area contributed by atoms with E-state index in [2.05, 4.69) is 0 Å². The van der Waals surface area contributed by atoms with Crippen LogP contribution in [-0.4, -0.2) is 48.9 Å². The molecule has 0 aromatic rings. The third-order valence-electron chi connectivity index (χ3n) is 3.85. The molecule has 2 atom stereocenters. The molecular formula is C13H24N2O3. The summed E-state index contributed by atoms with van der Waals surface area (Å²) in [5.74, 6) is 0. The zero-order valence-corrected chi connectivity index (χ0v) is 11.6. The highest BCUT2D eigenvalue weighted by molar-refractivity contribution is 5.68. The largest absolute Gasteiger partial charge is 0.444 e. The zero-order chi connectivity index (χ0) is 13.4. The van der Waals surface area contributed by atoms with Gasteiger partial charge in [-0.05, 0) is 33.6 Å². The number of nitrogens with zero attached hydrogens (tertiary/aromatic N) is 1. The predicted octanol–water partition coefficient (Wildman–Crippen LogP) is 1.36. The highest BCUT2D eigenvalue weighted by Gasteiger charge is 2.49. The lowest BCUT2D eigenvalue weighted by atomic mass is 9.80. The van der Waals surface area contributed by atoms with Crippen LogP contribution in [0.3, 0.4) is 0 Å². The molecule has 18 heavy (non-hydrogen) atoms. The van der Waals surface area contributed by atoms with E-state index in [-0.39, 0.29) is 17.6 Å². The summed E-state index contributed by atoms with van der Waals surface area (Å²) in [7, 11) is 0. The van der Waals surface area contributed by atoms with E-state index in [0.29, 0.717) is 13.1 Å². The van der Waals surface area contributed by atoms with Gasteiger partial charge in [-0.3, -0.25) is 0 Å². The molecule has 2 aliphatic heterocycles. The van der Waals surface area contributed by atoms with E-state index < -0.39 is 5.60 Å². The van der Waals surface area contributed by atoms with Crippen LogP contribution in [0.25, 0.3) is 0 Å². The monoisotopic (exact) mass is 256 g/mol. The summed E-state index contributed by atoms with van der Waals surface area (Å²) in [5, 5.41) is 0. The van der Waals surface area contributed by atoms with Gasteiger partial charge in [0.2, 0.25) is 0 Å². The number of amides is 1. The molecule has 5 nitrogen and oxygen atoms in total. The Morgan fingerprint density at radius 1 is 1.50 bits per heavy atom. The van der Waals surface area contributed by atoms with Gasteiger partial charge < -0.3 is 20.1 Å². The first-order chi connectivity index (χ1) is 8.36. The molecule has 1 spiro atoms. The van der Waals surface area contributed by atoms with E-state index in [1.165, 1.54) is 0 Å². The summed E-state index contributed by atoms with van der Waals surface area (Å²) in [6, 6.07) is 0. The molecule has 1 amide bonds. The maximum Gasteiger partial charge on any atom is 0.410 e. The Balaban J connectivity index is 1.98. The van der Waals surface area contributed by atoms with Crippen molar-refractivity contribution >= 4 is 6.09 Å². The second-order valence-electron chi connectivity index (χ2n) is 6.36. The van der Waals surface area contributed by atoms with Gasteiger partial charge in [0.1, 0.15) is 5.60 Å². The van der Waals surface area contributed by atoms with Crippen LogP contribution in [0.2, 0.25) is 0 Å². The summed E-state index contributed by atoms with van der Waals surface area (Å²) in [6.07, 6.45) is 1.83. The quantitative estimate of drug-likeness (QED) is 0.769. The van der Waals surface area contributed by atoms with Gasteiger partial charge >= 0.3 is 6.09 Å². The summed E-state index contributed by atoms with van der Waals surface area (Å²) < 4.78 is 11.1. The lowest BCUT2D eigenvalue weighted by molar-refractivity contribution is 0.0226. The van der Waals surface area contributed by atoms with Gasteiger partial charge in [-0.2, -0.15) is 0 Å². The second kappa shape index (κ2) is 4.70. The van der Waals surface area contributed by atoms with E-state index in [1.54, 1.807) is 4.90 Å². The fourth-order valence-electron chi connectivity index (χ4n) is 2.91. The van der Waals surface area contributed by atoms with Crippen molar-refractivity contribution in [3.05, 3.63) is 0 Å². The summed E-state index contributed by atoms with van der Waals surface area (Å²) in [5.41, 5.74) is 5.37. The maximum atomic E-state index is 12.0. The van der Waals surface area contributed by atoms with Gasteiger partial charge in [0.15, 0.2) is 0 Å². The Labute approximate surface area is 109 Å². The average Bonchev–Trinajstić information content (AvgIpc) is 2.84. The van der Waals surface area contributed by atoms with E-state index in [1.807, 2.05) is 20.8 Å². The number of hydrogen-bond acceptors (Lipinski definition) is 4. The molecule has 0 aromatic heterocycles. The molecule has 0 saturated carbocycles. The third kappa shape index (κ3) is 2.62. The van der Waals surface area contributed by atoms with Crippen LogP contribution in [0, 0.1) is 5.41 Å². The van der Waals surface area contributed by atoms with Crippen molar-refractivity contribution < 1.29 is 14.3 Å². The number of likely N-dealkylation sites (tertiary alicyclic amines) is 1. The molecule has 2 N–H and O–H groups in total. The zero-order valence-electron chi connectivity index (χ0n) is 11.6. The highest BCUT2D eigenvalue weighted by Crippen LogP contribution is 2.43. The van der Waals surface area contributed by atoms with E-state index >= 15 is 0 Å². The first kappa shape index (κ1) is 13.6. The van der Waals surface area contributed by atoms with Crippen molar-refractivity contribution in [3.63, 3.8) is 0 Å². The topological polar surface area (TPSA) is 64.8 Å². The fourth-order valence-corrected chi connectivity index (χ4v) is 2.91. The molecule has 2 unspecified atom stereocenters. The van der Waals surface area contributed by atoms with Crippen LogP contribution < -0.4 is 5.73 Å². The molecule has 2 fully saturated rings. The van der Waals surface area contributed by atoms with Gasteiger partial charge in [-0.15, -0.1) is 0 Å². The van der Waals surface area contributed by atoms with Crippen LogP contribution in [0.1, 0.15) is 33.6 Å². The number of carbonyl (C=O) groups is 1. The molecule has 104 valence electrons. The number of hydrogen-bond donors (Lipinski definition) is 1. The summed E-state index contributed by atoms with van der Waals surface area (Å²) >= 11 is 0. The van der Waals surface area contributed by atoms with Crippen LogP contribution in [-0.2, 0) is 9.47 Å². The van der Waals surface area contributed by atoms with Crippen molar-refractivity contribution in [1.29, 1.82) is 0 Å². The SMILES string of the molecule is CC(C)(C)OC(=O)N1CCC2(CCOC2CN)C1. The van der Waals surface area contributed by atoms with Gasteiger partial charge in [0.05, 0.1) is 6.10 Å². The lowest BCUT2D eigenvalue weighted by Gasteiger charge is -2.29. The van der Waals surface area contributed by atoms with Crippen molar-refractivity contribution in [2.24, 2.45) is 11.1 Å². The molecular weight excluding hydrogens is 232 g/mol. The summed E-state index contributed by atoms with van der Waals surface area (Å²) in [4.78, 5) is 13.8. The van der Waals surface area contributed by atoms with Gasteiger partial charge in [0.25, 0.3) is 0 Å². The predicted molar refractivity (Wildman–Crippen MR) is 68.3 cm³/mol. The molecule has 2 saturated heterocycles. The molecule has 2 heterocycles. The highest BCUT2D eigenvalue weighted by atomic mass is 16.6. The van der Waals surface area contributed by atoms with Crippen molar-refractivity contribution in [3.8, 4) is 0 Å². The first-order valence-corrected chi connectivity index (χ1v) is 6.66. The van der Waals surface area contributed by atoms with E-state index in [9.17, 15) is 4.79 Å². The Morgan fingerprint density at radius 3 is 2.83 bits per heavy atom. The number of ether oxygens (including phenoxy) is 2. The third-order valence-corrected chi connectivity index (χ3v) is 3.85. The second-order valence-corrected chi connectivity index (χ2v) is 6.36. The Morgan fingerprint density at radius 2 is 2.22 bits per heavy atom. The van der Waals surface area contributed by atoms with Crippen LogP contribution in [0.15, 0.2) is 0 Å². The van der Waals surface area contributed by atoms with Gasteiger partial charge in [-0.1, -0.05) is 0 Å². The minimum atomic E-state index is -0.438. The van der Waals surface area contributed by atoms with Gasteiger partial charge in [0, 0.05) is 31.7 Å². The lowest BCUT2D eigenvalue weighted by Crippen LogP contribution is -2.41. The fraction of sp³-hybridized carbons (Fsp3) is 0.923. The van der Waals surface area contributed by atoms with Crippen molar-refractivity contribution in [1.82, 2.24) is 4.90 Å². The van der Waals surface area contributed by atoms with Gasteiger partial charge in [-0.25, -0.2) is 4.79 Å².